The van der Waals surface area contributed by atoms with Crippen molar-refractivity contribution < 1.29 is 9.47 Å². The Morgan fingerprint density at radius 1 is 1.15 bits per heavy atom. The average molecular weight is 461 g/mol. The molecule has 0 radical (unpaired) electrons. The molecule has 4 N–H and O–H groups in total. The number of nitrogens with one attached hydrogen (secondary N) is 2. The highest BCUT2D eigenvalue weighted by Crippen LogP contribution is 2.30. The van der Waals surface area contributed by atoms with Crippen LogP contribution in [0.4, 0.5) is 5.82 Å². The molecule has 34 heavy (non-hydrogen) atoms. The summed E-state index contributed by atoms with van der Waals surface area (Å²) in [6.07, 6.45) is 9.92. The summed E-state index contributed by atoms with van der Waals surface area (Å²) in [5.41, 5.74) is 9.92. The molecule has 0 saturated carbocycles. The number of hydrogen-bond acceptors (Lipinski definition) is 8. The third kappa shape index (κ3) is 4.10. The van der Waals surface area contributed by atoms with Crippen molar-refractivity contribution in [1.29, 1.82) is 0 Å². The average Bonchev–Trinajstić information content (AvgIpc) is 3.64. The third-order valence-corrected chi connectivity index (χ3v) is 6.53. The fourth-order valence-corrected chi connectivity index (χ4v) is 4.65. The smallest absolute Gasteiger partial charge is 0.161 e. The Balaban J connectivity index is 1.29. The molecular formula is C24H28N8O2. The Kier molecular flexibility index (Phi) is 5.60. The number of aromatic amines is 1. The summed E-state index contributed by atoms with van der Waals surface area (Å²) in [5, 5.41) is 7.97. The monoisotopic (exact) mass is 460 g/mol. The SMILES string of the molecule is Nc1ncc(-c2cnn(C3CCNCC3)c2)nc1-c1nc2c(OCC3CCCO3)cccc2[nH]1. The molecule has 10 nitrogen and oxygen atoms in total. The van der Waals surface area contributed by atoms with Crippen LogP contribution in [0.3, 0.4) is 0 Å². The van der Waals surface area contributed by atoms with Crippen LogP contribution < -0.4 is 15.8 Å². The number of fused-ring (bicyclic) bond motifs is 1. The lowest BCUT2D eigenvalue weighted by molar-refractivity contribution is 0.0684. The summed E-state index contributed by atoms with van der Waals surface area (Å²) in [6, 6.07) is 6.22. The van der Waals surface area contributed by atoms with Crippen molar-refractivity contribution >= 4 is 16.9 Å². The minimum atomic E-state index is 0.137. The van der Waals surface area contributed by atoms with Crippen molar-refractivity contribution in [3.05, 3.63) is 36.8 Å². The van der Waals surface area contributed by atoms with Gasteiger partial charge in [0.05, 0.1) is 35.8 Å². The van der Waals surface area contributed by atoms with Crippen LogP contribution in [0.2, 0.25) is 0 Å². The van der Waals surface area contributed by atoms with Gasteiger partial charge in [-0.3, -0.25) is 4.68 Å². The van der Waals surface area contributed by atoms with Crippen LogP contribution in [0, 0.1) is 0 Å². The number of hydrogen-bond donors (Lipinski definition) is 3. The second kappa shape index (κ2) is 9.03. The van der Waals surface area contributed by atoms with Gasteiger partial charge in [-0.05, 0) is 50.9 Å². The van der Waals surface area contributed by atoms with Gasteiger partial charge in [-0.2, -0.15) is 5.10 Å². The summed E-state index contributed by atoms with van der Waals surface area (Å²) in [6.45, 7) is 3.34. The lowest BCUT2D eigenvalue weighted by Crippen LogP contribution is -2.29. The number of ether oxygens (including phenoxy) is 2. The number of piperidine rings is 1. The number of nitrogens with two attached hydrogens (primary N) is 1. The molecule has 5 heterocycles. The van der Waals surface area contributed by atoms with E-state index in [4.69, 9.17) is 25.2 Å². The van der Waals surface area contributed by atoms with E-state index in [1.165, 1.54) is 0 Å². The molecule has 2 fully saturated rings. The van der Waals surface area contributed by atoms with Crippen molar-refractivity contribution in [2.24, 2.45) is 0 Å². The maximum Gasteiger partial charge on any atom is 0.161 e. The van der Waals surface area contributed by atoms with E-state index in [2.05, 4.69) is 20.4 Å². The van der Waals surface area contributed by atoms with E-state index in [0.717, 1.165) is 62.0 Å². The lowest BCUT2D eigenvalue weighted by atomic mass is 10.1. The molecule has 1 aromatic carbocycles. The first-order valence-electron chi connectivity index (χ1n) is 11.9. The van der Waals surface area contributed by atoms with Crippen LogP contribution >= 0.6 is 0 Å². The fraction of sp³-hybridized carbons (Fsp3) is 0.417. The molecule has 3 aromatic heterocycles. The minimum Gasteiger partial charge on any atom is -0.489 e. The Labute approximate surface area is 196 Å². The van der Waals surface area contributed by atoms with Gasteiger partial charge < -0.3 is 25.5 Å². The van der Waals surface area contributed by atoms with Crippen molar-refractivity contribution in [3.8, 4) is 28.5 Å². The zero-order valence-electron chi connectivity index (χ0n) is 18.9. The summed E-state index contributed by atoms with van der Waals surface area (Å²) in [5.74, 6) is 1.58. The van der Waals surface area contributed by atoms with Crippen molar-refractivity contribution in [3.63, 3.8) is 0 Å². The number of aromatic nitrogens is 6. The van der Waals surface area contributed by atoms with Gasteiger partial charge in [-0.1, -0.05) is 6.07 Å². The Morgan fingerprint density at radius 2 is 2.06 bits per heavy atom. The Morgan fingerprint density at radius 3 is 2.91 bits per heavy atom. The maximum absolute atomic E-state index is 6.21. The van der Waals surface area contributed by atoms with Gasteiger partial charge in [0.1, 0.15) is 23.6 Å². The Bertz CT molecular complexity index is 1290. The molecule has 4 aromatic rings. The highest BCUT2D eigenvalue weighted by Gasteiger charge is 2.20. The molecular weight excluding hydrogens is 432 g/mol. The number of nitrogens with zero attached hydrogens (tertiary/aromatic N) is 5. The molecule has 0 spiro atoms. The molecule has 1 unspecified atom stereocenters. The molecule has 0 aliphatic carbocycles. The topological polar surface area (TPSA) is 129 Å². The van der Waals surface area contributed by atoms with Gasteiger partial charge >= 0.3 is 0 Å². The van der Waals surface area contributed by atoms with Crippen LogP contribution in [0.15, 0.2) is 36.8 Å². The van der Waals surface area contributed by atoms with Crippen molar-refractivity contribution in [2.45, 2.75) is 37.8 Å². The predicted molar refractivity (Wildman–Crippen MR) is 128 cm³/mol. The van der Waals surface area contributed by atoms with Crippen LogP contribution in [0.5, 0.6) is 5.75 Å². The van der Waals surface area contributed by atoms with Gasteiger partial charge in [0.15, 0.2) is 11.6 Å². The zero-order valence-corrected chi connectivity index (χ0v) is 18.9. The van der Waals surface area contributed by atoms with Crippen molar-refractivity contribution in [1.82, 2.24) is 35.0 Å². The molecule has 0 bridgehead atoms. The quantitative estimate of drug-likeness (QED) is 0.401. The van der Waals surface area contributed by atoms with Crippen LogP contribution in [0.1, 0.15) is 31.7 Å². The largest absolute Gasteiger partial charge is 0.489 e. The fourth-order valence-electron chi connectivity index (χ4n) is 4.65. The first-order valence-corrected chi connectivity index (χ1v) is 11.9. The molecule has 1 atom stereocenters. The van der Waals surface area contributed by atoms with E-state index < -0.39 is 0 Å². The first-order chi connectivity index (χ1) is 16.7. The molecule has 6 rings (SSSR count). The molecule has 176 valence electrons. The molecule has 10 heteroatoms. The van der Waals surface area contributed by atoms with Crippen LogP contribution in [0.25, 0.3) is 33.8 Å². The maximum atomic E-state index is 6.21. The molecule has 0 amide bonds. The second-order valence-electron chi connectivity index (χ2n) is 8.86. The van der Waals surface area contributed by atoms with E-state index in [1.54, 1.807) is 6.20 Å². The molecule has 2 saturated heterocycles. The summed E-state index contributed by atoms with van der Waals surface area (Å²) in [4.78, 5) is 17.3. The number of anilines is 1. The number of nitrogen functional groups attached to an aromatic ring is 1. The van der Waals surface area contributed by atoms with E-state index >= 15 is 0 Å². The van der Waals surface area contributed by atoms with Gasteiger partial charge in [-0.15, -0.1) is 0 Å². The van der Waals surface area contributed by atoms with Crippen LogP contribution in [-0.4, -0.2) is 62.1 Å². The minimum absolute atomic E-state index is 0.137. The second-order valence-corrected chi connectivity index (χ2v) is 8.86. The van der Waals surface area contributed by atoms with Gasteiger partial charge in [0.2, 0.25) is 0 Å². The number of H-pyrrole nitrogens is 1. The van der Waals surface area contributed by atoms with E-state index in [1.807, 2.05) is 35.3 Å². The number of para-hydroxylation sites is 1. The van der Waals surface area contributed by atoms with Gasteiger partial charge in [-0.25, -0.2) is 15.0 Å². The molecule has 2 aliphatic rings. The van der Waals surface area contributed by atoms with Gasteiger partial charge in [0.25, 0.3) is 0 Å². The normalized spacial score (nSPS) is 19.1. The first kappa shape index (κ1) is 21.1. The van der Waals surface area contributed by atoms with Crippen molar-refractivity contribution in [2.75, 3.05) is 32.0 Å². The standard InChI is InChI=1S/C24H28N8O2/c25-23-22(29-19(12-27-23)15-11-28-32(13-15)16-6-8-26-9-7-16)24-30-18-4-1-5-20(21(18)31-24)34-14-17-3-2-10-33-17/h1,4-5,11-13,16-17,26H,2-3,6-10,14H2,(H2,25,27)(H,30,31). The Hall–Kier alpha value is -3.50. The third-order valence-electron chi connectivity index (χ3n) is 6.53. The van der Waals surface area contributed by atoms with Crippen LogP contribution in [-0.2, 0) is 4.74 Å². The predicted octanol–water partition coefficient (Wildman–Crippen LogP) is 2.95. The summed E-state index contributed by atoms with van der Waals surface area (Å²) < 4.78 is 13.8. The highest BCUT2D eigenvalue weighted by molar-refractivity contribution is 5.85. The van der Waals surface area contributed by atoms with E-state index in [-0.39, 0.29) is 6.10 Å². The molecule has 2 aliphatic heterocycles. The van der Waals surface area contributed by atoms with Gasteiger partial charge in [0, 0.05) is 18.4 Å². The lowest BCUT2D eigenvalue weighted by Gasteiger charge is -2.22. The number of benzene rings is 1. The summed E-state index contributed by atoms with van der Waals surface area (Å²) >= 11 is 0. The van der Waals surface area contributed by atoms with E-state index in [9.17, 15) is 0 Å². The van der Waals surface area contributed by atoms with E-state index in [0.29, 0.717) is 41.4 Å². The summed E-state index contributed by atoms with van der Waals surface area (Å²) in [7, 11) is 0. The number of imidazole rings is 1. The number of rotatable bonds is 6. The zero-order chi connectivity index (χ0) is 22.9. The highest BCUT2D eigenvalue weighted by atomic mass is 16.5.